The summed E-state index contributed by atoms with van der Waals surface area (Å²) in [7, 11) is 0. The SMILES string of the molecule is CC(CBr)NC(=O)c1ccc(C#N)cc1. The molecule has 0 saturated carbocycles. The first kappa shape index (κ1) is 11.7. The number of carbonyl (C=O) groups excluding carboxylic acids is 1. The van der Waals surface area contributed by atoms with Crippen molar-refractivity contribution in [1.29, 1.82) is 5.26 Å². The molecule has 1 amide bonds. The largest absolute Gasteiger partial charge is 0.349 e. The Bertz CT molecular complexity index is 381. The molecule has 78 valence electrons. The van der Waals surface area contributed by atoms with Gasteiger partial charge in [-0.25, -0.2) is 0 Å². The molecule has 0 heterocycles. The number of nitrogens with zero attached hydrogens (tertiary/aromatic N) is 1. The van der Waals surface area contributed by atoms with Crippen LogP contribution in [-0.4, -0.2) is 17.3 Å². The summed E-state index contributed by atoms with van der Waals surface area (Å²) >= 11 is 3.28. The standard InChI is InChI=1S/C11H11BrN2O/c1-8(6-12)14-11(15)10-4-2-9(7-13)3-5-10/h2-5,8H,6H2,1H3,(H,14,15). The summed E-state index contributed by atoms with van der Waals surface area (Å²) in [5.41, 5.74) is 1.13. The molecule has 0 spiro atoms. The molecule has 4 heteroatoms. The molecule has 0 fully saturated rings. The molecular formula is C11H11BrN2O. The van der Waals surface area contributed by atoms with Gasteiger partial charge in [-0.15, -0.1) is 0 Å². The highest BCUT2D eigenvalue weighted by Crippen LogP contribution is 2.03. The lowest BCUT2D eigenvalue weighted by atomic mass is 10.1. The molecule has 1 aromatic carbocycles. The topological polar surface area (TPSA) is 52.9 Å². The zero-order valence-corrected chi connectivity index (χ0v) is 9.91. The molecule has 1 atom stereocenters. The van der Waals surface area contributed by atoms with E-state index in [0.717, 1.165) is 5.33 Å². The van der Waals surface area contributed by atoms with E-state index in [2.05, 4.69) is 21.2 Å². The van der Waals surface area contributed by atoms with Gasteiger partial charge in [0.1, 0.15) is 0 Å². The van der Waals surface area contributed by atoms with Crippen LogP contribution >= 0.6 is 15.9 Å². The van der Waals surface area contributed by atoms with Crippen molar-refractivity contribution in [1.82, 2.24) is 5.32 Å². The van der Waals surface area contributed by atoms with Crippen LogP contribution in [0.3, 0.4) is 0 Å². The average Bonchev–Trinajstić information content (AvgIpc) is 2.29. The van der Waals surface area contributed by atoms with Gasteiger partial charge in [0.05, 0.1) is 11.6 Å². The normalized spacial score (nSPS) is 11.5. The fraction of sp³-hybridized carbons (Fsp3) is 0.273. The Labute approximate surface area is 97.2 Å². The van der Waals surface area contributed by atoms with Gasteiger partial charge in [0, 0.05) is 16.9 Å². The van der Waals surface area contributed by atoms with Crippen LogP contribution in [-0.2, 0) is 0 Å². The van der Waals surface area contributed by atoms with Gasteiger partial charge in [0.25, 0.3) is 5.91 Å². The van der Waals surface area contributed by atoms with Gasteiger partial charge in [-0.2, -0.15) is 5.26 Å². The Morgan fingerprint density at radius 2 is 2.13 bits per heavy atom. The number of nitrogens with one attached hydrogen (secondary N) is 1. The number of halogens is 1. The van der Waals surface area contributed by atoms with E-state index in [1.54, 1.807) is 24.3 Å². The molecule has 0 aliphatic rings. The molecule has 0 aromatic heterocycles. The third-order valence-electron chi connectivity index (χ3n) is 1.89. The number of carbonyl (C=O) groups is 1. The lowest BCUT2D eigenvalue weighted by Gasteiger charge is -2.10. The van der Waals surface area contributed by atoms with Crippen LogP contribution in [0.25, 0.3) is 0 Å². The Balaban J connectivity index is 2.71. The van der Waals surface area contributed by atoms with Crippen molar-refractivity contribution in [3.63, 3.8) is 0 Å². The number of alkyl halides is 1. The number of rotatable bonds is 3. The Morgan fingerprint density at radius 3 is 2.60 bits per heavy atom. The summed E-state index contributed by atoms with van der Waals surface area (Å²) in [5.74, 6) is -0.119. The first-order chi connectivity index (χ1) is 7.17. The molecule has 0 aliphatic heterocycles. The minimum absolute atomic E-state index is 0.0909. The third-order valence-corrected chi connectivity index (χ3v) is 2.86. The van der Waals surface area contributed by atoms with Gasteiger partial charge in [-0.1, -0.05) is 15.9 Å². The van der Waals surface area contributed by atoms with Crippen molar-refractivity contribution in [2.45, 2.75) is 13.0 Å². The van der Waals surface area contributed by atoms with Crippen molar-refractivity contribution in [3.8, 4) is 6.07 Å². The van der Waals surface area contributed by atoms with E-state index < -0.39 is 0 Å². The Kier molecular flexibility index (Phi) is 4.32. The van der Waals surface area contributed by atoms with Gasteiger partial charge >= 0.3 is 0 Å². The maximum Gasteiger partial charge on any atom is 0.251 e. The molecular weight excluding hydrogens is 256 g/mol. The zero-order chi connectivity index (χ0) is 11.3. The molecule has 0 radical (unpaired) electrons. The zero-order valence-electron chi connectivity index (χ0n) is 8.33. The predicted molar refractivity (Wildman–Crippen MR) is 61.9 cm³/mol. The van der Waals surface area contributed by atoms with E-state index in [9.17, 15) is 4.79 Å². The van der Waals surface area contributed by atoms with Crippen molar-refractivity contribution < 1.29 is 4.79 Å². The molecule has 3 nitrogen and oxygen atoms in total. The first-order valence-corrected chi connectivity index (χ1v) is 5.66. The second-order valence-electron chi connectivity index (χ2n) is 3.22. The van der Waals surface area contributed by atoms with E-state index in [-0.39, 0.29) is 11.9 Å². The molecule has 0 saturated heterocycles. The fourth-order valence-corrected chi connectivity index (χ4v) is 1.20. The summed E-state index contributed by atoms with van der Waals surface area (Å²) in [6.45, 7) is 1.91. The molecule has 15 heavy (non-hydrogen) atoms. The smallest absolute Gasteiger partial charge is 0.251 e. The minimum Gasteiger partial charge on any atom is -0.349 e. The quantitative estimate of drug-likeness (QED) is 0.852. The molecule has 0 bridgehead atoms. The fourth-order valence-electron chi connectivity index (χ4n) is 1.04. The third kappa shape index (κ3) is 3.37. The highest BCUT2D eigenvalue weighted by Gasteiger charge is 2.08. The van der Waals surface area contributed by atoms with Gasteiger partial charge in [0.2, 0.25) is 0 Å². The monoisotopic (exact) mass is 266 g/mol. The minimum atomic E-state index is -0.119. The number of amides is 1. The highest BCUT2D eigenvalue weighted by atomic mass is 79.9. The lowest BCUT2D eigenvalue weighted by molar-refractivity contribution is 0.0944. The summed E-state index contributed by atoms with van der Waals surface area (Å²) in [6.07, 6.45) is 0. The van der Waals surface area contributed by atoms with Crippen molar-refractivity contribution >= 4 is 21.8 Å². The summed E-state index contributed by atoms with van der Waals surface area (Å²) in [4.78, 5) is 11.6. The van der Waals surface area contributed by atoms with Gasteiger partial charge in [-0.05, 0) is 31.2 Å². The van der Waals surface area contributed by atoms with E-state index in [4.69, 9.17) is 5.26 Å². The number of benzene rings is 1. The maximum absolute atomic E-state index is 11.6. The van der Waals surface area contributed by atoms with Crippen molar-refractivity contribution in [3.05, 3.63) is 35.4 Å². The van der Waals surface area contributed by atoms with Crippen LogP contribution in [0.1, 0.15) is 22.8 Å². The van der Waals surface area contributed by atoms with E-state index >= 15 is 0 Å². The van der Waals surface area contributed by atoms with E-state index in [1.165, 1.54) is 0 Å². The van der Waals surface area contributed by atoms with Gasteiger partial charge < -0.3 is 5.32 Å². The Hall–Kier alpha value is -1.34. The van der Waals surface area contributed by atoms with Crippen LogP contribution in [0.5, 0.6) is 0 Å². The predicted octanol–water partition coefficient (Wildman–Crippen LogP) is 2.07. The molecule has 0 aliphatic carbocycles. The van der Waals surface area contributed by atoms with Crippen LogP contribution in [0.4, 0.5) is 0 Å². The van der Waals surface area contributed by atoms with Crippen molar-refractivity contribution in [2.75, 3.05) is 5.33 Å². The Morgan fingerprint density at radius 1 is 1.53 bits per heavy atom. The number of hydrogen-bond donors (Lipinski definition) is 1. The molecule has 1 N–H and O–H groups in total. The summed E-state index contributed by atoms with van der Waals surface area (Å²) in [5, 5.41) is 12.1. The highest BCUT2D eigenvalue weighted by molar-refractivity contribution is 9.09. The molecule has 1 rings (SSSR count). The van der Waals surface area contributed by atoms with Crippen LogP contribution in [0, 0.1) is 11.3 Å². The van der Waals surface area contributed by atoms with Gasteiger partial charge in [-0.3, -0.25) is 4.79 Å². The molecule has 1 unspecified atom stereocenters. The van der Waals surface area contributed by atoms with Crippen LogP contribution in [0.15, 0.2) is 24.3 Å². The van der Waals surface area contributed by atoms with Crippen molar-refractivity contribution in [2.24, 2.45) is 0 Å². The number of hydrogen-bond acceptors (Lipinski definition) is 2. The summed E-state index contributed by atoms with van der Waals surface area (Å²) in [6, 6.07) is 8.66. The molecule has 1 aromatic rings. The van der Waals surface area contributed by atoms with E-state index in [0.29, 0.717) is 11.1 Å². The van der Waals surface area contributed by atoms with Gasteiger partial charge in [0.15, 0.2) is 0 Å². The average molecular weight is 267 g/mol. The second kappa shape index (κ2) is 5.52. The lowest BCUT2D eigenvalue weighted by Crippen LogP contribution is -2.33. The maximum atomic E-state index is 11.6. The van der Waals surface area contributed by atoms with Crippen LogP contribution < -0.4 is 5.32 Å². The van der Waals surface area contributed by atoms with Crippen LogP contribution in [0.2, 0.25) is 0 Å². The second-order valence-corrected chi connectivity index (χ2v) is 3.87. The first-order valence-electron chi connectivity index (χ1n) is 4.54. The van der Waals surface area contributed by atoms with E-state index in [1.807, 2.05) is 13.0 Å². The number of nitriles is 1. The summed E-state index contributed by atoms with van der Waals surface area (Å²) < 4.78 is 0.